The number of carboxylic acid groups (broad SMARTS) is 1. The number of aromatic carboxylic acids is 1. The number of carboxylic acids is 1. The van der Waals surface area contributed by atoms with Crippen LogP contribution in [0.3, 0.4) is 0 Å². The minimum absolute atomic E-state index is 0.0122. The second-order valence-corrected chi connectivity index (χ2v) is 8.18. The van der Waals surface area contributed by atoms with Crippen LogP contribution >= 0.6 is 24.0 Å². The standard InChI is InChI=1S/C22H20N2O5S2/c1-2-29-17-8-6-14(7-9-17)12-18-20(26)24(22(30)31-18)11-10-19(25)23-16-5-3-4-15(13-16)21(27)28/h3-9,12-13H,2,10-11H2,1H3,(H,23,25)(H,27,28)/p-1/b18-12-. The largest absolute Gasteiger partial charge is 0.545 e. The SMILES string of the molecule is CCOc1ccc(/C=C2\SC(=S)N(CCC(=O)Nc3cccc(C(=O)[O-])c3)C2=O)cc1. The molecule has 0 atom stereocenters. The molecule has 0 saturated carbocycles. The zero-order chi connectivity index (χ0) is 22.4. The fourth-order valence-corrected chi connectivity index (χ4v) is 4.14. The lowest BCUT2D eigenvalue weighted by Gasteiger charge is -2.14. The minimum atomic E-state index is -1.33. The van der Waals surface area contributed by atoms with Crippen molar-refractivity contribution in [1.82, 2.24) is 4.90 Å². The van der Waals surface area contributed by atoms with E-state index in [0.29, 0.717) is 21.5 Å². The van der Waals surface area contributed by atoms with Crippen molar-refractivity contribution >= 4 is 57.8 Å². The summed E-state index contributed by atoms with van der Waals surface area (Å²) in [4.78, 5) is 37.7. The summed E-state index contributed by atoms with van der Waals surface area (Å²) < 4.78 is 5.79. The summed E-state index contributed by atoms with van der Waals surface area (Å²) in [6.45, 7) is 2.61. The van der Waals surface area contributed by atoms with Crippen LogP contribution in [0.15, 0.2) is 53.4 Å². The van der Waals surface area contributed by atoms with Crippen LogP contribution in [-0.4, -0.2) is 40.2 Å². The summed E-state index contributed by atoms with van der Waals surface area (Å²) in [5, 5.41) is 13.5. The molecule has 0 radical (unpaired) electrons. The number of thioether (sulfide) groups is 1. The molecule has 1 saturated heterocycles. The Labute approximate surface area is 189 Å². The maximum Gasteiger partial charge on any atom is 0.266 e. The second-order valence-electron chi connectivity index (χ2n) is 6.50. The molecule has 1 aliphatic heterocycles. The summed E-state index contributed by atoms with van der Waals surface area (Å²) in [5.74, 6) is -1.19. The van der Waals surface area contributed by atoms with E-state index in [4.69, 9.17) is 17.0 Å². The molecule has 31 heavy (non-hydrogen) atoms. The van der Waals surface area contributed by atoms with Crippen LogP contribution in [0.2, 0.25) is 0 Å². The number of hydrogen-bond acceptors (Lipinski definition) is 7. The molecule has 1 heterocycles. The second kappa shape index (κ2) is 10.2. The first kappa shape index (κ1) is 22.5. The number of benzene rings is 2. The van der Waals surface area contributed by atoms with E-state index in [2.05, 4.69) is 5.32 Å². The first-order chi connectivity index (χ1) is 14.9. The molecule has 0 aromatic heterocycles. The van der Waals surface area contributed by atoms with E-state index in [1.807, 2.05) is 31.2 Å². The Morgan fingerprint density at radius 1 is 1.23 bits per heavy atom. The molecule has 0 unspecified atom stereocenters. The maximum absolute atomic E-state index is 12.7. The van der Waals surface area contributed by atoms with Crippen molar-refractivity contribution in [2.45, 2.75) is 13.3 Å². The zero-order valence-corrected chi connectivity index (χ0v) is 18.3. The van der Waals surface area contributed by atoms with Gasteiger partial charge in [0.2, 0.25) is 5.91 Å². The van der Waals surface area contributed by atoms with Crippen LogP contribution in [0.1, 0.15) is 29.3 Å². The zero-order valence-electron chi connectivity index (χ0n) is 16.6. The summed E-state index contributed by atoms with van der Waals surface area (Å²) in [6.07, 6.45) is 1.76. The van der Waals surface area contributed by atoms with Gasteiger partial charge in [0, 0.05) is 18.7 Å². The van der Waals surface area contributed by atoms with E-state index in [-0.39, 0.29) is 30.3 Å². The summed E-state index contributed by atoms with van der Waals surface area (Å²) >= 11 is 6.48. The highest BCUT2D eigenvalue weighted by atomic mass is 32.2. The molecule has 2 aromatic carbocycles. The van der Waals surface area contributed by atoms with Crippen molar-refractivity contribution in [3.05, 3.63) is 64.6 Å². The van der Waals surface area contributed by atoms with Gasteiger partial charge in [-0.25, -0.2) is 0 Å². The highest BCUT2D eigenvalue weighted by molar-refractivity contribution is 8.26. The smallest absolute Gasteiger partial charge is 0.266 e. The van der Waals surface area contributed by atoms with Crippen LogP contribution in [0.25, 0.3) is 6.08 Å². The molecular formula is C22H19N2O5S2-. The predicted octanol–water partition coefficient (Wildman–Crippen LogP) is 2.68. The van der Waals surface area contributed by atoms with Crippen molar-refractivity contribution in [3.8, 4) is 5.75 Å². The number of nitrogens with one attached hydrogen (secondary N) is 1. The van der Waals surface area contributed by atoms with Gasteiger partial charge in [0.1, 0.15) is 10.1 Å². The molecular weight excluding hydrogens is 436 g/mol. The van der Waals surface area contributed by atoms with E-state index < -0.39 is 5.97 Å². The van der Waals surface area contributed by atoms with E-state index in [1.165, 1.54) is 34.9 Å². The normalized spacial score (nSPS) is 14.7. The van der Waals surface area contributed by atoms with Gasteiger partial charge in [-0.15, -0.1) is 0 Å². The number of carbonyl (C=O) groups excluding carboxylic acids is 3. The summed E-state index contributed by atoms with van der Waals surface area (Å²) in [7, 11) is 0. The average Bonchev–Trinajstić information content (AvgIpc) is 3.01. The van der Waals surface area contributed by atoms with Crippen molar-refractivity contribution in [2.24, 2.45) is 0 Å². The van der Waals surface area contributed by atoms with Gasteiger partial charge in [0.25, 0.3) is 5.91 Å². The third-order valence-electron chi connectivity index (χ3n) is 4.31. The van der Waals surface area contributed by atoms with Gasteiger partial charge in [0.15, 0.2) is 0 Å². The van der Waals surface area contributed by atoms with Crippen molar-refractivity contribution in [2.75, 3.05) is 18.5 Å². The van der Waals surface area contributed by atoms with Gasteiger partial charge >= 0.3 is 0 Å². The van der Waals surface area contributed by atoms with Crippen LogP contribution in [0.5, 0.6) is 5.75 Å². The summed E-state index contributed by atoms with van der Waals surface area (Å²) in [6, 6.07) is 13.1. The van der Waals surface area contributed by atoms with Crippen molar-refractivity contribution < 1.29 is 24.2 Å². The Balaban J connectivity index is 1.59. The van der Waals surface area contributed by atoms with Gasteiger partial charge in [-0.3, -0.25) is 14.5 Å². The van der Waals surface area contributed by atoms with Crippen LogP contribution in [0.4, 0.5) is 5.69 Å². The molecule has 1 aliphatic rings. The Morgan fingerprint density at radius 2 is 1.97 bits per heavy atom. The van der Waals surface area contributed by atoms with Crippen LogP contribution in [-0.2, 0) is 9.59 Å². The summed E-state index contributed by atoms with van der Waals surface area (Å²) in [5.41, 5.74) is 1.15. The molecule has 9 heteroatoms. The first-order valence-corrected chi connectivity index (χ1v) is 10.7. The first-order valence-electron chi connectivity index (χ1n) is 9.47. The number of nitrogens with zero attached hydrogens (tertiary/aromatic N) is 1. The Hall–Kier alpha value is -3.17. The fourth-order valence-electron chi connectivity index (χ4n) is 2.83. The lowest BCUT2D eigenvalue weighted by atomic mass is 10.2. The highest BCUT2D eigenvalue weighted by Crippen LogP contribution is 2.32. The lowest BCUT2D eigenvalue weighted by molar-refractivity contribution is -0.255. The number of rotatable bonds is 8. The van der Waals surface area contributed by atoms with Gasteiger partial charge in [0.05, 0.1) is 17.5 Å². The monoisotopic (exact) mass is 455 g/mol. The molecule has 0 aliphatic carbocycles. The van der Waals surface area contributed by atoms with E-state index >= 15 is 0 Å². The van der Waals surface area contributed by atoms with E-state index in [9.17, 15) is 19.5 Å². The lowest BCUT2D eigenvalue weighted by Crippen LogP contribution is -2.31. The van der Waals surface area contributed by atoms with Gasteiger partial charge in [-0.1, -0.05) is 48.2 Å². The average molecular weight is 456 g/mol. The molecule has 1 fully saturated rings. The van der Waals surface area contributed by atoms with Crippen LogP contribution < -0.4 is 15.2 Å². The third-order valence-corrected chi connectivity index (χ3v) is 5.68. The van der Waals surface area contributed by atoms with Crippen LogP contribution in [0, 0.1) is 0 Å². The quantitative estimate of drug-likeness (QED) is 0.483. The maximum atomic E-state index is 12.7. The number of ether oxygens (including phenoxy) is 1. The predicted molar refractivity (Wildman–Crippen MR) is 122 cm³/mol. The molecule has 0 bridgehead atoms. The third kappa shape index (κ3) is 5.93. The minimum Gasteiger partial charge on any atom is -0.545 e. The number of thiocarbonyl (C=S) groups is 1. The molecule has 3 rings (SSSR count). The van der Waals surface area contributed by atoms with Gasteiger partial charge in [-0.2, -0.15) is 0 Å². The fraction of sp³-hybridized carbons (Fsp3) is 0.182. The Bertz CT molecular complexity index is 1050. The van der Waals surface area contributed by atoms with E-state index in [0.717, 1.165) is 11.3 Å². The van der Waals surface area contributed by atoms with Crippen molar-refractivity contribution in [3.63, 3.8) is 0 Å². The van der Waals surface area contributed by atoms with Gasteiger partial charge < -0.3 is 20.0 Å². The van der Waals surface area contributed by atoms with E-state index in [1.54, 1.807) is 12.1 Å². The number of anilines is 1. The highest BCUT2D eigenvalue weighted by Gasteiger charge is 2.32. The van der Waals surface area contributed by atoms with Crippen molar-refractivity contribution in [1.29, 1.82) is 0 Å². The molecule has 1 N–H and O–H groups in total. The Morgan fingerprint density at radius 3 is 2.65 bits per heavy atom. The molecule has 7 nitrogen and oxygen atoms in total. The molecule has 2 aromatic rings. The molecule has 0 spiro atoms. The number of carbonyl (C=O) groups is 3. The van der Waals surface area contributed by atoms with Gasteiger partial charge in [-0.05, 0) is 48.4 Å². The molecule has 2 amide bonds. The Kier molecular flexibility index (Phi) is 7.43. The topological polar surface area (TPSA) is 98.8 Å². The number of amides is 2. The number of hydrogen-bond donors (Lipinski definition) is 1. The molecule has 160 valence electrons.